The van der Waals surface area contributed by atoms with Crippen LogP contribution in [-0.2, 0) is 0 Å². The van der Waals surface area contributed by atoms with Crippen LogP contribution in [0.5, 0.6) is 5.75 Å². The standard InChI is InChI=1S/C14H9Cl2N3O3S/c1-21-8-4-2-3-7(5-8)13-18-19-14(22-13)17-12(20)9-6-10(15)23-11(9)16/h2-6H,1H3,(H,17,19,20). The van der Waals surface area contributed by atoms with Crippen molar-refractivity contribution >= 4 is 46.5 Å². The van der Waals surface area contributed by atoms with E-state index in [0.29, 0.717) is 20.0 Å². The van der Waals surface area contributed by atoms with Gasteiger partial charge in [-0.05, 0) is 24.3 Å². The Kier molecular flexibility index (Phi) is 4.51. The molecule has 0 aliphatic rings. The number of anilines is 1. The van der Waals surface area contributed by atoms with E-state index in [1.54, 1.807) is 31.4 Å². The Morgan fingerprint density at radius 3 is 2.83 bits per heavy atom. The lowest BCUT2D eigenvalue weighted by Crippen LogP contribution is -2.11. The van der Waals surface area contributed by atoms with Gasteiger partial charge in [-0.25, -0.2) is 0 Å². The first-order chi connectivity index (χ1) is 11.1. The fourth-order valence-corrected chi connectivity index (χ4v) is 3.26. The van der Waals surface area contributed by atoms with Crippen LogP contribution in [0.2, 0.25) is 8.67 Å². The van der Waals surface area contributed by atoms with E-state index in [-0.39, 0.29) is 17.5 Å². The number of carbonyl (C=O) groups excluding carboxylic acids is 1. The van der Waals surface area contributed by atoms with Crippen molar-refractivity contribution in [2.75, 3.05) is 12.4 Å². The monoisotopic (exact) mass is 369 g/mol. The average molecular weight is 370 g/mol. The van der Waals surface area contributed by atoms with Crippen LogP contribution in [0.4, 0.5) is 6.01 Å². The molecular weight excluding hydrogens is 361 g/mol. The highest BCUT2D eigenvalue weighted by Gasteiger charge is 2.17. The van der Waals surface area contributed by atoms with Gasteiger partial charge in [0, 0.05) is 5.56 Å². The molecular formula is C14H9Cl2N3O3S. The predicted octanol–water partition coefficient (Wildman–Crippen LogP) is 4.37. The summed E-state index contributed by atoms with van der Waals surface area (Å²) in [5.41, 5.74) is 0.928. The van der Waals surface area contributed by atoms with E-state index in [1.165, 1.54) is 6.07 Å². The Morgan fingerprint density at radius 1 is 1.30 bits per heavy atom. The molecule has 0 saturated heterocycles. The Morgan fingerprint density at radius 2 is 2.13 bits per heavy atom. The van der Waals surface area contributed by atoms with Gasteiger partial charge in [0.1, 0.15) is 10.1 Å². The van der Waals surface area contributed by atoms with Gasteiger partial charge in [-0.3, -0.25) is 10.1 Å². The maximum absolute atomic E-state index is 12.1. The maximum Gasteiger partial charge on any atom is 0.322 e. The van der Waals surface area contributed by atoms with Crippen LogP contribution in [0, 0.1) is 0 Å². The number of nitrogens with one attached hydrogen (secondary N) is 1. The molecule has 23 heavy (non-hydrogen) atoms. The molecule has 3 rings (SSSR count). The van der Waals surface area contributed by atoms with Gasteiger partial charge in [-0.15, -0.1) is 16.4 Å². The van der Waals surface area contributed by atoms with Crippen molar-refractivity contribution in [2.24, 2.45) is 0 Å². The molecule has 6 nitrogen and oxygen atoms in total. The van der Waals surface area contributed by atoms with Crippen molar-refractivity contribution in [3.63, 3.8) is 0 Å². The Balaban J connectivity index is 1.79. The summed E-state index contributed by atoms with van der Waals surface area (Å²) in [6.07, 6.45) is 0. The van der Waals surface area contributed by atoms with Gasteiger partial charge < -0.3 is 9.15 Å². The largest absolute Gasteiger partial charge is 0.497 e. The fourth-order valence-electron chi connectivity index (χ4n) is 1.81. The van der Waals surface area contributed by atoms with Crippen LogP contribution < -0.4 is 10.1 Å². The minimum Gasteiger partial charge on any atom is -0.497 e. The Labute approximate surface area is 145 Å². The molecule has 118 valence electrons. The second-order valence-corrected chi connectivity index (χ2v) is 6.62. The van der Waals surface area contributed by atoms with Gasteiger partial charge in [0.15, 0.2) is 0 Å². The van der Waals surface area contributed by atoms with Crippen LogP contribution in [0.3, 0.4) is 0 Å². The highest BCUT2D eigenvalue weighted by molar-refractivity contribution is 7.20. The number of aromatic nitrogens is 2. The molecule has 0 spiro atoms. The maximum atomic E-state index is 12.1. The summed E-state index contributed by atoms with van der Waals surface area (Å²) >= 11 is 12.9. The number of rotatable bonds is 4. The van der Waals surface area contributed by atoms with Crippen LogP contribution in [-0.4, -0.2) is 23.2 Å². The fraction of sp³-hybridized carbons (Fsp3) is 0.0714. The third-order valence-corrected chi connectivity index (χ3v) is 4.35. The van der Waals surface area contributed by atoms with Crippen LogP contribution in [0.25, 0.3) is 11.5 Å². The lowest BCUT2D eigenvalue weighted by molar-refractivity contribution is 0.102. The van der Waals surface area contributed by atoms with Crippen molar-refractivity contribution in [1.82, 2.24) is 10.2 Å². The van der Waals surface area contributed by atoms with Crippen LogP contribution >= 0.6 is 34.5 Å². The predicted molar refractivity (Wildman–Crippen MR) is 88.6 cm³/mol. The molecule has 0 aliphatic carbocycles. The van der Waals surface area contributed by atoms with Crippen molar-refractivity contribution < 1.29 is 13.9 Å². The zero-order valence-electron chi connectivity index (χ0n) is 11.7. The molecule has 1 amide bonds. The number of hydrogen-bond donors (Lipinski definition) is 1. The number of ether oxygens (including phenoxy) is 1. The number of carbonyl (C=O) groups is 1. The van der Waals surface area contributed by atoms with Crippen molar-refractivity contribution in [3.05, 3.63) is 44.6 Å². The summed E-state index contributed by atoms with van der Waals surface area (Å²) in [4.78, 5) is 12.1. The first-order valence-electron chi connectivity index (χ1n) is 6.31. The topological polar surface area (TPSA) is 77.3 Å². The number of benzene rings is 1. The zero-order valence-corrected chi connectivity index (χ0v) is 14.0. The molecule has 2 heterocycles. The molecule has 9 heteroatoms. The van der Waals surface area contributed by atoms with Crippen LogP contribution in [0.15, 0.2) is 34.7 Å². The van der Waals surface area contributed by atoms with Gasteiger partial charge in [0.25, 0.3) is 5.91 Å². The number of halogens is 2. The molecule has 3 aromatic rings. The molecule has 1 N–H and O–H groups in total. The summed E-state index contributed by atoms with van der Waals surface area (Å²) < 4.78 is 11.3. The summed E-state index contributed by atoms with van der Waals surface area (Å²) in [5, 5.41) is 10.2. The highest BCUT2D eigenvalue weighted by atomic mass is 35.5. The van der Waals surface area contributed by atoms with Gasteiger partial charge in [-0.1, -0.05) is 34.4 Å². The molecule has 0 bridgehead atoms. The van der Waals surface area contributed by atoms with Gasteiger partial charge in [-0.2, -0.15) is 0 Å². The Bertz CT molecular complexity index is 863. The number of methoxy groups -OCH3 is 1. The minimum absolute atomic E-state index is 0.0359. The SMILES string of the molecule is COc1cccc(-c2nnc(NC(=O)c3cc(Cl)sc3Cl)o2)c1. The van der Waals surface area contributed by atoms with E-state index in [9.17, 15) is 4.79 Å². The van der Waals surface area contributed by atoms with E-state index in [4.69, 9.17) is 32.4 Å². The molecule has 2 aromatic heterocycles. The molecule has 1 aromatic carbocycles. The first kappa shape index (κ1) is 15.8. The second kappa shape index (κ2) is 6.57. The third kappa shape index (κ3) is 3.47. The number of nitrogens with zero attached hydrogens (tertiary/aromatic N) is 2. The number of amides is 1. The number of hydrogen-bond acceptors (Lipinski definition) is 6. The van der Waals surface area contributed by atoms with Crippen molar-refractivity contribution in [2.45, 2.75) is 0 Å². The summed E-state index contributed by atoms with van der Waals surface area (Å²) in [7, 11) is 1.56. The third-order valence-electron chi connectivity index (χ3n) is 2.86. The van der Waals surface area contributed by atoms with Gasteiger partial charge >= 0.3 is 6.01 Å². The Hall–Kier alpha value is -2.09. The molecule has 0 fully saturated rings. The van der Waals surface area contributed by atoms with Gasteiger partial charge in [0.05, 0.1) is 17.0 Å². The van der Waals surface area contributed by atoms with Gasteiger partial charge in [0.2, 0.25) is 5.89 Å². The summed E-state index contributed by atoms with van der Waals surface area (Å²) in [6.45, 7) is 0. The lowest BCUT2D eigenvalue weighted by Gasteiger charge is -2.00. The van der Waals surface area contributed by atoms with E-state index in [2.05, 4.69) is 15.5 Å². The van der Waals surface area contributed by atoms with Crippen molar-refractivity contribution in [3.8, 4) is 17.2 Å². The number of thiophene rings is 1. The summed E-state index contributed by atoms with van der Waals surface area (Å²) in [5.74, 6) is 0.443. The minimum atomic E-state index is -0.473. The van der Waals surface area contributed by atoms with E-state index >= 15 is 0 Å². The van der Waals surface area contributed by atoms with E-state index < -0.39 is 5.91 Å². The smallest absolute Gasteiger partial charge is 0.322 e. The van der Waals surface area contributed by atoms with E-state index in [1.807, 2.05) is 0 Å². The second-order valence-electron chi connectivity index (χ2n) is 4.34. The lowest BCUT2D eigenvalue weighted by atomic mass is 10.2. The van der Waals surface area contributed by atoms with E-state index in [0.717, 1.165) is 11.3 Å². The molecule has 0 radical (unpaired) electrons. The highest BCUT2D eigenvalue weighted by Crippen LogP contribution is 2.31. The molecule has 0 atom stereocenters. The zero-order chi connectivity index (χ0) is 16.4. The van der Waals surface area contributed by atoms with Crippen molar-refractivity contribution in [1.29, 1.82) is 0 Å². The first-order valence-corrected chi connectivity index (χ1v) is 7.88. The average Bonchev–Trinajstić information content (AvgIpc) is 3.13. The molecule has 0 aliphatic heterocycles. The normalized spacial score (nSPS) is 10.6. The summed E-state index contributed by atoms with van der Waals surface area (Å²) in [6, 6.07) is 8.56. The van der Waals surface area contributed by atoms with Crippen LogP contribution in [0.1, 0.15) is 10.4 Å². The molecule has 0 saturated carbocycles. The molecule has 0 unspecified atom stereocenters. The quantitative estimate of drug-likeness (QED) is 0.738.